The highest BCUT2D eigenvalue weighted by molar-refractivity contribution is 6.07. The van der Waals surface area contributed by atoms with E-state index in [1.807, 2.05) is 24.3 Å². The molecule has 3 rings (SSSR count). The number of hydrogen-bond acceptors (Lipinski definition) is 2. The molecule has 0 saturated carbocycles. The van der Waals surface area contributed by atoms with Gasteiger partial charge in [0, 0.05) is 24.5 Å². The number of amides is 1. The Bertz CT molecular complexity index is 988. The second-order valence-electron chi connectivity index (χ2n) is 5.89. The topological polar surface area (TPSA) is 46.9 Å². The van der Waals surface area contributed by atoms with E-state index in [-0.39, 0.29) is 0 Å². The first-order chi connectivity index (χ1) is 12.8. The van der Waals surface area contributed by atoms with Crippen molar-refractivity contribution in [2.75, 3.05) is 5.32 Å². The van der Waals surface area contributed by atoms with Crippen LogP contribution in [0.2, 0.25) is 0 Å². The van der Waals surface area contributed by atoms with E-state index in [0.717, 1.165) is 22.0 Å². The molecular formula is C20H16F3N3O. The van der Waals surface area contributed by atoms with Gasteiger partial charge in [-0.25, -0.2) is 0 Å². The number of alkyl halides is 3. The summed E-state index contributed by atoms with van der Waals surface area (Å²) in [5, 5.41) is 5.93. The number of carbonyl (C=O) groups is 1. The molecule has 1 aromatic heterocycles. The molecule has 1 amide bonds. The van der Waals surface area contributed by atoms with E-state index >= 15 is 0 Å². The molecule has 2 aromatic carbocycles. The van der Waals surface area contributed by atoms with Crippen molar-refractivity contribution in [2.24, 2.45) is 7.05 Å². The second-order valence-corrected chi connectivity index (χ2v) is 5.89. The van der Waals surface area contributed by atoms with Gasteiger partial charge in [-0.05, 0) is 17.2 Å². The summed E-state index contributed by atoms with van der Waals surface area (Å²) in [5.41, 5.74) is 1.12. The number of aromatic nitrogens is 2. The molecule has 138 valence electrons. The molecule has 0 spiro atoms. The quantitative estimate of drug-likeness (QED) is 0.701. The van der Waals surface area contributed by atoms with Gasteiger partial charge in [0.15, 0.2) is 5.69 Å². The SMILES string of the molecule is C=Cc1ccc(-c2ccccc2NC(=O)c2cn(C)nc2C(F)(F)F)cc1. The number of anilines is 1. The normalized spacial score (nSPS) is 11.3. The van der Waals surface area contributed by atoms with Crippen molar-refractivity contribution in [3.8, 4) is 11.1 Å². The number of carbonyl (C=O) groups excluding carboxylic acids is 1. The van der Waals surface area contributed by atoms with Gasteiger partial charge in [0.1, 0.15) is 0 Å². The third-order valence-corrected chi connectivity index (χ3v) is 3.97. The number of nitrogens with one attached hydrogen (secondary N) is 1. The van der Waals surface area contributed by atoms with Crippen molar-refractivity contribution in [1.82, 2.24) is 9.78 Å². The Morgan fingerprint density at radius 3 is 2.44 bits per heavy atom. The predicted molar refractivity (Wildman–Crippen MR) is 98.1 cm³/mol. The third kappa shape index (κ3) is 3.92. The lowest BCUT2D eigenvalue weighted by Crippen LogP contribution is -2.18. The molecule has 0 aliphatic heterocycles. The van der Waals surface area contributed by atoms with Crippen LogP contribution in [0.15, 0.2) is 61.3 Å². The molecule has 7 heteroatoms. The van der Waals surface area contributed by atoms with Gasteiger partial charge in [0.05, 0.1) is 5.56 Å². The van der Waals surface area contributed by atoms with E-state index in [9.17, 15) is 18.0 Å². The molecule has 0 radical (unpaired) electrons. The molecule has 1 N–H and O–H groups in total. The molecule has 4 nitrogen and oxygen atoms in total. The molecule has 0 aliphatic rings. The van der Waals surface area contributed by atoms with Gasteiger partial charge in [-0.3, -0.25) is 9.48 Å². The van der Waals surface area contributed by atoms with Gasteiger partial charge in [0.25, 0.3) is 5.91 Å². The first-order valence-electron chi connectivity index (χ1n) is 8.03. The average Bonchev–Trinajstić information content (AvgIpc) is 3.05. The Morgan fingerprint density at radius 1 is 1.15 bits per heavy atom. The molecule has 0 saturated heterocycles. The van der Waals surface area contributed by atoms with Gasteiger partial charge in [-0.2, -0.15) is 18.3 Å². The number of benzene rings is 2. The fourth-order valence-electron chi connectivity index (χ4n) is 2.70. The summed E-state index contributed by atoms with van der Waals surface area (Å²) in [5.74, 6) is -0.870. The lowest BCUT2D eigenvalue weighted by Gasteiger charge is -2.12. The van der Waals surface area contributed by atoms with E-state index in [1.54, 1.807) is 30.3 Å². The number of hydrogen-bond donors (Lipinski definition) is 1. The summed E-state index contributed by atoms with van der Waals surface area (Å²) in [7, 11) is 1.33. The molecule has 3 aromatic rings. The van der Waals surface area contributed by atoms with Crippen LogP contribution in [0.4, 0.5) is 18.9 Å². The Kier molecular flexibility index (Phi) is 4.85. The van der Waals surface area contributed by atoms with Crippen LogP contribution >= 0.6 is 0 Å². The zero-order valence-corrected chi connectivity index (χ0v) is 14.4. The van der Waals surface area contributed by atoms with E-state index in [1.165, 1.54) is 7.05 Å². The average molecular weight is 371 g/mol. The minimum atomic E-state index is -4.71. The molecule has 0 bridgehead atoms. The van der Waals surface area contributed by atoms with E-state index in [0.29, 0.717) is 11.3 Å². The molecule has 0 aliphatic carbocycles. The maximum Gasteiger partial charge on any atom is 0.435 e. The van der Waals surface area contributed by atoms with Crippen molar-refractivity contribution in [3.05, 3.63) is 78.1 Å². The summed E-state index contributed by atoms with van der Waals surface area (Å²) in [6.45, 7) is 3.70. The van der Waals surface area contributed by atoms with Crippen LogP contribution in [-0.2, 0) is 13.2 Å². The molecule has 27 heavy (non-hydrogen) atoms. The predicted octanol–water partition coefficient (Wildman–Crippen LogP) is 5.00. The smallest absolute Gasteiger partial charge is 0.321 e. The van der Waals surface area contributed by atoms with Crippen LogP contribution in [-0.4, -0.2) is 15.7 Å². The highest BCUT2D eigenvalue weighted by Crippen LogP contribution is 2.32. The Labute approximate surface area is 153 Å². The van der Waals surface area contributed by atoms with Crippen LogP contribution in [0.1, 0.15) is 21.6 Å². The zero-order chi connectivity index (χ0) is 19.6. The first kappa shape index (κ1) is 18.4. The summed E-state index contributed by atoms with van der Waals surface area (Å²) in [6, 6.07) is 14.3. The molecule has 0 unspecified atom stereocenters. The van der Waals surface area contributed by atoms with Crippen LogP contribution in [0.5, 0.6) is 0 Å². The fraction of sp³-hybridized carbons (Fsp3) is 0.100. The van der Waals surface area contributed by atoms with E-state index in [2.05, 4.69) is 17.0 Å². The zero-order valence-electron chi connectivity index (χ0n) is 14.4. The lowest BCUT2D eigenvalue weighted by atomic mass is 10.0. The Hall–Kier alpha value is -3.35. The van der Waals surface area contributed by atoms with Crippen LogP contribution in [0.3, 0.4) is 0 Å². The molecule has 1 heterocycles. The number of aryl methyl sites for hydroxylation is 1. The maximum absolute atomic E-state index is 13.1. The van der Waals surface area contributed by atoms with Crippen LogP contribution in [0, 0.1) is 0 Å². The third-order valence-electron chi connectivity index (χ3n) is 3.97. The van der Waals surface area contributed by atoms with Crippen LogP contribution < -0.4 is 5.32 Å². The van der Waals surface area contributed by atoms with Gasteiger partial charge >= 0.3 is 6.18 Å². The van der Waals surface area contributed by atoms with Crippen molar-refractivity contribution >= 4 is 17.7 Å². The van der Waals surface area contributed by atoms with Gasteiger partial charge in [-0.1, -0.05) is 55.1 Å². The lowest BCUT2D eigenvalue weighted by molar-refractivity contribution is -0.141. The van der Waals surface area contributed by atoms with Crippen molar-refractivity contribution in [3.63, 3.8) is 0 Å². The number of rotatable bonds is 4. The van der Waals surface area contributed by atoms with Crippen molar-refractivity contribution in [2.45, 2.75) is 6.18 Å². The minimum absolute atomic E-state index is 0.408. The summed E-state index contributed by atoms with van der Waals surface area (Å²) in [4.78, 5) is 12.5. The highest BCUT2D eigenvalue weighted by Gasteiger charge is 2.39. The Morgan fingerprint density at radius 2 is 1.81 bits per heavy atom. The van der Waals surface area contributed by atoms with Crippen molar-refractivity contribution < 1.29 is 18.0 Å². The number of halogens is 3. The van der Waals surface area contributed by atoms with E-state index < -0.39 is 23.3 Å². The minimum Gasteiger partial charge on any atom is -0.321 e. The van der Waals surface area contributed by atoms with Gasteiger partial charge < -0.3 is 5.32 Å². The summed E-state index contributed by atoms with van der Waals surface area (Å²) >= 11 is 0. The number of nitrogens with zero attached hydrogens (tertiary/aromatic N) is 2. The Balaban J connectivity index is 1.95. The number of para-hydroxylation sites is 1. The summed E-state index contributed by atoms with van der Waals surface area (Å²) in [6.07, 6.45) is -1.95. The van der Waals surface area contributed by atoms with Crippen molar-refractivity contribution in [1.29, 1.82) is 0 Å². The maximum atomic E-state index is 13.1. The molecule has 0 atom stereocenters. The summed E-state index contributed by atoms with van der Waals surface area (Å²) < 4.78 is 40.3. The fourth-order valence-corrected chi connectivity index (χ4v) is 2.70. The molecule has 0 fully saturated rings. The largest absolute Gasteiger partial charge is 0.435 e. The van der Waals surface area contributed by atoms with E-state index in [4.69, 9.17) is 0 Å². The standard InChI is InChI=1S/C20H16F3N3O/c1-3-13-8-10-14(11-9-13)15-6-4-5-7-17(15)24-19(27)16-12-26(2)25-18(16)20(21,22)23/h3-12H,1H2,2H3,(H,24,27). The second kappa shape index (κ2) is 7.11. The van der Waals surface area contributed by atoms with Gasteiger partial charge in [0.2, 0.25) is 0 Å². The first-order valence-corrected chi connectivity index (χ1v) is 8.03. The van der Waals surface area contributed by atoms with Gasteiger partial charge in [-0.15, -0.1) is 0 Å². The molecular weight excluding hydrogens is 355 g/mol. The monoisotopic (exact) mass is 371 g/mol. The van der Waals surface area contributed by atoms with Crippen LogP contribution in [0.25, 0.3) is 17.2 Å². The highest BCUT2D eigenvalue weighted by atomic mass is 19.4.